The molecule has 0 aromatic heterocycles. The standard InChI is InChI=1S/C15H17NO3/c1-3-9-16-13(11-7-5-4-6-8-11)12(10(2)17)14(18)15(16)19/h4-8,13,18H,3,9H2,1-2H3/t13-/m0/s1. The first-order chi connectivity index (χ1) is 9.07. The first-order valence-electron chi connectivity index (χ1n) is 6.38. The molecule has 1 N–H and O–H groups in total. The van der Waals surface area contributed by atoms with E-state index in [2.05, 4.69) is 0 Å². The molecular formula is C15H17NO3. The predicted octanol–water partition coefficient (Wildman–Crippen LogP) is 2.38. The molecule has 1 amide bonds. The zero-order chi connectivity index (χ0) is 14.0. The van der Waals surface area contributed by atoms with Gasteiger partial charge >= 0.3 is 0 Å². The number of aliphatic hydroxyl groups is 1. The summed E-state index contributed by atoms with van der Waals surface area (Å²) in [5.41, 5.74) is 1.04. The number of benzene rings is 1. The van der Waals surface area contributed by atoms with Gasteiger partial charge in [0.2, 0.25) is 0 Å². The monoisotopic (exact) mass is 259 g/mol. The van der Waals surface area contributed by atoms with E-state index < -0.39 is 17.7 Å². The van der Waals surface area contributed by atoms with E-state index in [4.69, 9.17) is 0 Å². The van der Waals surface area contributed by atoms with Crippen molar-refractivity contribution >= 4 is 11.7 Å². The first-order valence-corrected chi connectivity index (χ1v) is 6.38. The van der Waals surface area contributed by atoms with Gasteiger partial charge in [0.1, 0.15) is 0 Å². The fraction of sp³-hybridized carbons (Fsp3) is 0.333. The van der Waals surface area contributed by atoms with Crippen LogP contribution >= 0.6 is 0 Å². The Labute approximate surface area is 112 Å². The molecule has 1 aliphatic rings. The lowest BCUT2D eigenvalue weighted by molar-refractivity contribution is -0.129. The zero-order valence-electron chi connectivity index (χ0n) is 11.1. The molecule has 0 fully saturated rings. The number of carbonyl (C=O) groups is 2. The normalized spacial score (nSPS) is 19.2. The molecule has 0 unspecified atom stereocenters. The molecule has 1 aromatic rings. The number of aliphatic hydroxyl groups excluding tert-OH is 1. The molecule has 0 saturated heterocycles. The second kappa shape index (κ2) is 5.26. The van der Waals surface area contributed by atoms with Crippen molar-refractivity contribution in [3.63, 3.8) is 0 Å². The Morgan fingerprint density at radius 3 is 2.47 bits per heavy atom. The summed E-state index contributed by atoms with van der Waals surface area (Å²) in [6, 6.07) is 8.85. The third-order valence-corrected chi connectivity index (χ3v) is 3.26. The highest BCUT2D eigenvalue weighted by Gasteiger charge is 2.41. The number of nitrogens with zero attached hydrogens (tertiary/aromatic N) is 1. The van der Waals surface area contributed by atoms with Crippen molar-refractivity contribution in [1.82, 2.24) is 4.90 Å². The Balaban J connectivity index is 2.51. The molecule has 100 valence electrons. The maximum Gasteiger partial charge on any atom is 0.290 e. The molecule has 4 nitrogen and oxygen atoms in total. The van der Waals surface area contributed by atoms with Gasteiger partial charge < -0.3 is 10.0 Å². The van der Waals surface area contributed by atoms with Gasteiger partial charge in [-0.1, -0.05) is 37.3 Å². The van der Waals surface area contributed by atoms with Crippen molar-refractivity contribution in [2.24, 2.45) is 0 Å². The van der Waals surface area contributed by atoms with Gasteiger partial charge in [-0.2, -0.15) is 0 Å². The highest BCUT2D eigenvalue weighted by molar-refractivity contribution is 6.08. The smallest absolute Gasteiger partial charge is 0.290 e. The Hall–Kier alpha value is -2.10. The number of carbonyl (C=O) groups excluding carboxylic acids is 2. The summed E-state index contributed by atoms with van der Waals surface area (Å²) in [5, 5.41) is 9.92. The van der Waals surface area contributed by atoms with Crippen LogP contribution < -0.4 is 0 Å². The van der Waals surface area contributed by atoms with Crippen molar-refractivity contribution in [3.05, 3.63) is 47.2 Å². The van der Waals surface area contributed by atoms with Gasteiger partial charge in [-0.15, -0.1) is 0 Å². The van der Waals surface area contributed by atoms with E-state index in [1.165, 1.54) is 6.92 Å². The molecule has 4 heteroatoms. The molecule has 1 aromatic carbocycles. The second-order valence-corrected chi connectivity index (χ2v) is 4.63. The molecule has 0 spiro atoms. The lowest BCUT2D eigenvalue weighted by atomic mass is 9.97. The lowest BCUT2D eigenvalue weighted by Gasteiger charge is -2.26. The molecule has 0 saturated carbocycles. The fourth-order valence-electron chi connectivity index (χ4n) is 2.47. The topological polar surface area (TPSA) is 57.6 Å². The lowest BCUT2D eigenvalue weighted by Crippen LogP contribution is -2.31. The highest BCUT2D eigenvalue weighted by atomic mass is 16.3. The van der Waals surface area contributed by atoms with E-state index in [1.807, 2.05) is 37.3 Å². The quantitative estimate of drug-likeness (QED) is 0.903. The van der Waals surface area contributed by atoms with Crippen LogP contribution in [0.3, 0.4) is 0 Å². The van der Waals surface area contributed by atoms with Crippen molar-refractivity contribution in [2.45, 2.75) is 26.3 Å². The SMILES string of the molecule is CCCN1C(=O)C(O)=C(C(C)=O)[C@@H]1c1ccccc1. The summed E-state index contributed by atoms with van der Waals surface area (Å²) in [6.45, 7) is 3.85. The van der Waals surface area contributed by atoms with Gasteiger partial charge in [-0.25, -0.2) is 0 Å². The fourth-order valence-corrected chi connectivity index (χ4v) is 2.47. The van der Waals surface area contributed by atoms with Crippen molar-refractivity contribution in [2.75, 3.05) is 6.54 Å². The minimum atomic E-state index is -0.467. The van der Waals surface area contributed by atoms with Crippen LogP contribution in [0.5, 0.6) is 0 Å². The second-order valence-electron chi connectivity index (χ2n) is 4.63. The largest absolute Gasteiger partial charge is 0.503 e. The van der Waals surface area contributed by atoms with Crippen LogP contribution in [0.15, 0.2) is 41.7 Å². The molecule has 2 rings (SSSR count). The van der Waals surface area contributed by atoms with E-state index in [0.717, 1.165) is 12.0 Å². The molecule has 0 bridgehead atoms. The van der Waals surface area contributed by atoms with Crippen LogP contribution in [0.4, 0.5) is 0 Å². The van der Waals surface area contributed by atoms with Crippen LogP contribution in [0, 0.1) is 0 Å². The summed E-state index contributed by atoms with van der Waals surface area (Å²) >= 11 is 0. The van der Waals surface area contributed by atoms with E-state index >= 15 is 0 Å². The number of hydrogen-bond donors (Lipinski definition) is 1. The minimum Gasteiger partial charge on any atom is -0.503 e. The molecule has 1 aliphatic heterocycles. The molecule has 1 heterocycles. The van der Waals surface area contributed by atoms with Crippen LogP contribution in [-0.2, 0) is 9.59 Å². The Morgan fingerprint density at radius 2 is 1.95 bits per heavy atom. The summed E-state index contributed by atoms with van der Waals surface area (Å²) in [6.07, 6.45) is 0.771. The van der Waals surface area contributed by atoms with Crippen molar-refractivity contribution in [3.8, 4) is 0 Å². The average Bonchev–Trinajstić information content (AvgIpc) is 2.65. The van der Waals surface area contributed by atoms with Crippen LogP contribution in [0.25, 0.3) is 0 Å². The van der Waals surface area contributed by atoms with Gasteiger partial charge in [0.15, 0.2) is 11.5 Å². The molecular weight excluding hydrogens is 242 g/mol. The van der Waals surface area contributed by atoms with Gasteiger partial charge in [0, 0.05) is 6.54 Å². The third kappa shape index (κ3) is 2.26. The van der Waals surface area contributed by atoms with E-state index in [0.29, 0.717) is 6.54 Å². The van der Waals surface area contributed by atoms with Gasteiger partial charge in [0.05, 0.1) is 11.6 Å². The van der Waals surface area contributed by atoms with Gasteiger partial charge in [-0.3, -0.25) is 9.59 Å². The van der Waals surface area contributed by atoms with Gasteiger partial charge in [-0.05, 0) is 18.9 Å². The summed E-state index contributed by atoms with van der Waals surface area (Å²) in [7, 11) is 0. The molecule has 1 atom stereocenters. The zero-order valence-corrected chi connectivity index (χ0v) is 11.1. The number of amides is 1. The molecule has 0 aliphatic carbocycles. The number of hydrogen-bond acceptors (Lipinski definition) is 3. The molecule has 0 radical (unpaired) electrons. The maximum atomic E-state index is 12.1. The van der Waals surface area contributed by atoms with Crippen LogP contribution in [0.2, 0.25) is 0 Å². The van der Waals surface area contributed by atoms with E-state index in [-0.39, 0.29) is 11.4 Å². The molecule has 19 heavy (non-hydrogen) atoms. The Bertz CT molecular complexity index is 534. The van der Waals surface area contributed by atoms with Crippen LogP contribution in [-0.4, -0.2) is 28.2 Å². The predicted molar refractivity (Wildman–Crippen MR) is 71.5 cm³/mol. The number of rotatable bonds is 4. The summed E-state index contributed by atoms with van der Waals surface area (Å²) < 4.78 is 0. The average molecular weight is 259 g/mol. The number of Topliss-reactive ketones (excluding diaryl/α,β-unsaturated/α-hetero) is 1. The Kier molecular flexibility index (Phi) is 3.69. The highest BCUT2D eigenvalue weighted by Crippen LogP contribution is 2.37. The minimum absolute atomic E-state index is 0.199. The van der Waals surface area contributed by atoms with Crippen LogP contribution in [0.1, 0.15) is 31.9 Å². The first kappa shape index (κ1) is 13.3. The summed E-state index contributed by atoms with van der Waals surface area (Å²) in [5.74, 6) is -1.13. The third-order valence-electron chi connectivity index (χ3n) is 3.26. The van der Waals surface area contributed by atoms with E-state index in [9.17, 15) is 14.7 Å². The van der Waals surface area contributed by atoms with Gasteiger partial charge in [0.25, 0.3) is 5.91 Å². The van der Waals surface area contributed by atoms with Crippen molar-refractivity contribution in [1.29, 1.82) is 0 Å². The number of ketones is 1. The maximum absolute atomic E-state index is 12.1. The Morgan fingerprint density at radius 1 is 1.32 bits per heavy atom. The summed E-state index contributed by atoms with van der Waals surface area (Å²) in [4.78, 5) is 25.4. The van der Waals surface area contributed by atoms with E-state index in [1.54, 1.807) is 4.90 Å². The van der Waals surface area contributed by atoms with Crippen molar-refractivity contribution < 1.29 is 14.7 Å².